The average Bonchev–Trinajstić information content (AvgIpc) is 2.34. The van der Waals surface area contributed by atoms with Crippen molar-refractivity contribution in [3.05, 3.63) is 24.0 Å². The van der Waals surface area contributed by atoms with Crippen LogP contribution in [0.2, 0.25) is 0 Å². The highest BCUT2D eigenvalue weighted by Crippen LogP contribution is 2.09. The maximum atomic E-state index is 10.9. The molecule has 1 N–H and O–H groups in total. The Hall–Kier alpha value is -1.62. The Balaban J connectivity index is 2.42. The molecule has 1 heterocycles. The summed E-state index contributed by atoms with van der Waals surface area (Å²) >= 11 is 0. The van der Waals surface area contributed by atoms with Crippen LogP contribution in [0.15, 0.2) is 18.3 Å². The lowest BCUT2D eigenvalue weighted by molar-refractivity contribution is -0.142. The van der Waals surface area contributed by atoms with E-state index in [2.05, 4.69) is 28.9 Å². The molecule has 5 nitrogen and oxygen atoms in total. The van der Waals surface area contributed by atoms with Gasteiger partial charge in [-0.25, -0.2) is 4.79 Å². The molecule has 0 aromatic carbocycles. The second-order valence-corrected chi connectivity index (χ2v) is 3.89. The topological polar surface area (TPSA) is 60.5 Å². The lowest BCUT2D eigenvalue weighted by Crippen LogP contribution is -2.22. The van der Waals surface area contributed by atoms with Gasteiger partial charge in [-0.2, -0.15) is 0 Å². The average molecular weight is 238 g/mol. The van der Waals surface area contributed by atoms with Crippen LogP contribution in [0, 0.1) is 0 Å². The minimum absolute atomic E-state index is 0.0955. The van der Waals surface area contributed by atoms with Crippen LogP contribution < -0.4 is 10.1 Å². The van der Waals surface area contributed by atoms with Crippen molar-refractivity contribution in [1.29, 1.82) is 0 Å². The first-order valence-corrected chi connectivity index (χ1v) is 5.49. The zero-order valence-electron chi connectivity index (χ0n) is 10.4. The second-order valence-electron chi connectivity index (χ2n) is 3.89. The fourth-order valence-corrected chi connectivity index (χ4v) is 1.11. The third-order valence-electron chi connectivity index (χ3n) is 2.07. The number of aromatic nitrogens is 1. The molecule has 94 valence electrons. The lowest BCUT2D eigenvalue weighted by atomic mass is 10.3. The highest BCUT2D eigenvalue weighted by Gasteiger charge is 2.02. The predicted molar refractivity (Wildman–Crippen MR) is 63.7 cm³/mol. The molecule has 0 aliphatic rings. The molecule has 0 saturated heterocycles. The first kappa shape index (κ1) is 13.4. The molecule has 0 saturated carbocycles. The summed E-state index contributed by atoms with van der Waals surface area (Å²) in [6.07, 6.45) is 1.60. The van der Waals surface area contributed by atoms with E-state index in [4.69, 9.17) is 4.74 Å². The number of ether oxygens (including phenoxy) is 2. The van der Waals surface area contributed by atoms with E-state index < -0.39 is 5.97 Å². The Bertz CT molecular complexity index is 349. The Morgan fingerprint density at radius 1 is 1.47 bits per heavy atom. The zero-order chi connectivity index (χ0) is 12.7. The number of hydrogen-bond donors (Lipinski definition) is 1. The molecule has 0 aliphatic carbocycles. The SMILES string of the molecule is COC(=O)COc1ccc(CNC(C)C)nc1. The predicted octanol–water partition coefficient (Wildman–Crippen LogP) is 1.13. The molecule has 1 aromatic heterocycles. The van der Waals surface area contributed by atoms with Gasteiger partial charge in [-0.15, -0.1) is 0 Å². The number of rotatable bonds is 6. The molecule has 0 radical (unpaired) electrons. The third-order valence-corrected chi connectivity index (χ3v) is 2.07. The van der Waals surface area contributed by atoms with Gasteiger partial charge in [0.05, 0.1) is 19.0 Å². The molecule has 0 fully saturated rings. The van der Waals surface area contributed by atoms with Crippen LogP contribution in [0.25, 0.3) is 0 Å². The molecule has 0 aliphatic heterocycles. The highest BCUT2D eigenvalue weighted by atomic mass is 16.6. The molecule has 1 rings (SSSR count). The van der Waals surface area contributed by atoms with Gasteiger partial charge >= 0.3 is 5.97 Å². The number of methoxy groups -OCH3 is 1. The van der Waals surface area contributed by atoms with Crippen molar-refractivity contribution in [1.82, 2.24) is 10.3 Å². The minimum Gasteiger partial charge on any atom is -0.480 e. The Kier molecular flexibility index (Phi) is 5.42. The van der Waals surface area contributed by atoms with Crippen LogP contribution in [-0.4, -0.2) is 30.7 Å². The van der Waals surface area contributed by atoms with Crippen LogP contribution in [0.3, 0.4) is 0 Å². The zero-order valence-corrected chi connectivity index (χ0v) is 10.4. The monoisotopic (exact) mass is 238 g/mol. The van der Waals surface area contributed by atoms with E-state index in [-0.39, 0.29) is 6.61 Å². The highest BCUT2D eigenvalue weighted by molar-refractivity contribution is 5.70. The summed E-state index contributed by atoms with van der Waals surface area (Å²) in [4.78, 5) is 15.1. The van der Waals surface area contributed by atoms with Crippen LogP contribution in [0.1, 0.15) is 19.5 Å². The fourth-order valence-electron chi connectivity index (χ4n) is 1.11. The van der Waals surface area contributed by atoms with E-state index >= 15 is 0 Å². The largest absolute Gasteiger partial charge is 0.480 e. The maximum Gasteiger partial charge on any atom is 0.343 e. The molecule has 17 heavy (non-hydrogen) atoms. The van der Waals surface area contributed by atoms with E-state index in [1.165, 1.54) is 7.11 Å². The molecule has 1 aromatic rings. The van der Waals surface area contributed by atoms with Gasteiger partial charge < -0.3 is 14.8 Å². The van der Waals surface area contributed by atoms with E-state index in [0.29, 0.717) is 11.8 Å². The standard InChI is InChI=1S/C12H18N2O3/c1-9(2)13-6-10-4-5-11(7-14-10)17-8-12(15)16-3/h4-5,7,9,13H,6,8H2,1-3H3. The molecular formula is C12H18N2O3. The molecule has 0 unspecified atom stereocenters. The number of carbonyl (C=O) groups excluding carboxylic acids is 1. The molecule has 0 spiro atoms. The normalized spacial score (nSPS) is 10.4. The molecule has 0 bridgehead atoms. The Labute approximate surface area is 101 Å². The van der Waals surface area contributed by atoms with Crippen molar-refractivity contribution >= 4 is 5.97 Å². The summed E-state index contributed by atoms with van der Waals surface area (Å²) in [6, 6.07) is 4.07. The number of nitrogens with zero attached hydrogens (tertiary/aromatic N) is 1. The van der Waals surface area contributed by atoms with Crippen LogP contribution in [0.5, 0.6) is 5.75 Å². The summed E-state index contributed by atoms with van der Waals surface area (Å²) in [5.41, 5.74) is 0.934. The van der Waals surface area contributed by atoms with Crippen LogP contribution in [-0.2, 0) is 16.1 Å². The van der Waals surface area contributed by atoms with E-state index in [0.717, 1.165) is 12.2 Å². The Morgan fingerprint density at radius 2 is 2.24 bits per heavy atom. The van der Waals surface area contributed by atoms with Gasteiger partial charge in [0, 0.05) is 12.6 Å². The summed E-state index contributed by atoms with van der Waals surface area (Å²) in [6.45, 7) is 4.78. The number of carbonyl (C=O) groups is 1. The number of pyridine rings is 1. The summed E-state index contributed by atoms with van der Waals surface area (Å²) in [7, 11) is 1.32. The van der Waals surface area contributed by atoms with Crippen molar-refractivity contribution in [2.75, 3.05) is 13.7 Å². The van der Waals surface area contributed by atoms with Gasteiger partial charge in [-0.1, -0.05) is 13.8 Å². The summed E-state index contributed by atoms with van der Waals surface area (Å²) in [5, 5.41) is 3.26. The van der Waals surface area contributed by atoms with Gasteiger partial charge in [0.2, 0.25) is 0 Å². The van der Waals surface area contributed by atoms with Gasteiger partial charge in [0.25, 0.3) is 0 Å². The molecule has 5 heteroatoms. The lowest BCUT2D eigenvalue weighted by Gasteiger charge is -2.08. The molecule has 0 amide bonds. The number of nitrogens with one attached hydrogen (secondary N) is 1. The summed E-state index contributed by atoms with van der Waals surface area (Å²) in [5.74, 6) is 0.152. The molecule has 0 atom stereocenters. The minimum atomic E-state index is -0.407. The quantitative estimate of drug-likeness (QED) is 0.753. The van der Waals surface area contributed by atoms with Gasteiger partial charge in [0.15, 0.2) is 6.61 Å². The van der Waals surface area contributed by atoms with Crippen LogP contribution in [0.4, 0.5) is 0 Å². The number of esters is 1. The van der Waals surface area contributed by atoms with Crippen molar-refractivity contribution in [3.8, 4) is 5.75 Å². The molecular weight excluding hydrogens is 220 g/mol. The van der Waals surface area contributed by atoms with E-state index in [1.807, 2.05) is 6.07 Å². The van der Waals surface area contributed by atoms with Crippen molar-refractivity contribution in [2.24, 2.45) is 0 Å². The number of hydrogen-bond acceptors (Lipinski definition) is 5. The van der Waals surface area contributed by atoms with Crippen LogP contribution >= 0.6 is 0 Å². The summed E-state index contributed by atoms with van der Waals surface area (Å²) < 4.78 is 9.65. The van der Waals surface area contributed by atoms with Crippen molar-refractivity contribution in [2.45, 2.75) is 26.4 Å². The smallest absolute Gasteiger partial charge is 0.343 e. The van der Waals surface area contributed by atoms with Gasteiger partial charge in [0.1, 0.15) is 5.75 Å². The maximum absolute atomic E-state index is 10.9. The van der Waals surface area contributed by atoms with Gasteiger partial charge in [-0.3, -0.25) is 4.98 Å². The first-order chi connectivity index (χ1) is 8.11. The first-order valence-electron chi connectivity index (χ1n) is 5.49. The second kappa shape index (κ2) is 6.85. The van der Waals surface area contributed by atoms with Crippen molar-refractivity contribution in [3.63, 3.8) is 0 Å². The third kappa shape index (κ3) is 5.31. The van der Waals surface area contributed by atoms with Crippen molar-refractivity contribution < 1.29 is 14.3 Å². The van der Waals surface area contributed by atoms with E-state index in [1.54, 1.807) is 12.3 Å². The Morgan fingerprint density at radius 3 is 2.76 bits per heavy atom. The van der Waals surface area contributed by atoms with E-state index in [9.17, 15) is 4.79 Å². The fraction of sp³-hybridized carbons (Fsp3) is 0.500. The van der Waals surface area contributed by atoms with Gasteiger partial charge in [-0.05, 0) is 12.1 Å².